The first kappa shape index (κ1) is 24.3. The standard InChI is InChI=1S/C25H35N3O6/c1-24(2,3)34-23(31)28-9-8-25(12-17(25)15-28)13-21(29)27-19-6-5-16(22(30)32-4)11-20(19)26-14-18-7-10-33-18/h5-6,11,17-18,26H,7-10,12-15H2,1-4H3,(H,27,29)/t17-,18-,25-/m0/s1. The molecule has 1 aliphatic carbocycles. The summed E-state index contributed by atoms with van der Waals surface area (Å²) in [7, 11) is 1.34. The number of esters is 1. The SMILES string of the molecule is COC(=O)c1ccc(NC(=O)C[C@@]23CCN(C(=O)OC(C)(C)C)C[C@@H]2C3)c(NC[C@@H]2CCO2)c1. The quantitative estimate of drug-likeness (QED) is 0.582. The van der Waals surface area contributed by atoms with Crippen molar-refractivity contribution in [3.05, 3.63) is 23.8 Å². The van der Waals surface area contributed by atoms with E-state index in [0.29, 0.717) is 48.9 Å². The molecular formula is C25H35N3O6. The smallest absolute Gasteiger partial charge is 0.410 e. The summed E-state index contributed by atoms with van der Waals surface area (Å²) in [6.45, 7) is 8.17. The second-order valence-corrected chi connectivity index (χ2v) is 10.6. The van der Waals surface area contributed by atoms with Crippen LogP contribution >= 0.6 is 0 Å². The molecule has 0 radical (unpaired) electrons. The second-order valence-electron chi connectivity index (χ2n) is 10.6. The maximum atomic E-state index is 13.0. The zero-order valence-electron chi connectivity index (χ0n) is 20.4. The fraction of sp³-hybridized carbons (Fsp3) is 0.640. The van der Waals surface area contributed by atoms with Crippen molar-refractivity contribution < 1.29 is 28.6 Å². The van der Waals surface area contributed by atoms with Gasteiger partial charge in [-0.15, -0.1) is 0 Å². The minimum absolute atomic E-state index is 0.0537. The Morgan fingerprint density at radius 2 is 2.00 bits per heavy atom. The van der Waals surface area contributed by atoms with Crippen molar-refractivity contribution in [1.82, 2.24) is 4.90 Å². The van der Waals surface area contributed by atoms with Crippen LogP contribution in [0.15, 0.2) is 18.2 Å². The molecule has 4 rings (SSSR count). The van der Waals surface area contributed by atoms with Crippen LogP contribution in [0.1, 0.15) is 56.8 Å². The number of methoxy groups -OCH3 is 1. The summed E-state index contributed by atoms with van der Waals surface area (Å²) in [4.78, 5) is 39.1. The number of nitrogens with one attached hydrogen (secondary N) is 2. The third kappa shape index (κ3) is 5.63. The van der Waals surface area contributed by atoms with Crippen molar-refractivity contribution in [3.63, 3.8) is 0 Å². The van der Waals surface area contributed by atoms with Crippen molar-refractivity contribution in [1.29, 1.82) is 0 Å². The summed E-state index contributed by atoms with van der Waals surface area (Å²) in [5.74, 6) is -0.186. The number of benzene rings is 1. The molecule has 2 heterocycles. The Labute approximate surface area is 200 Å². The third-order valence-corrected chi connectivity index (χ3v) is 6.87. The highest BCUT2D eigenvalue weighted by Gasteiger charge is 2.58. The zero-order valence-corrected chi connectivity index (χ0v) is 20.4. The highest BCUT2D eigenvalue weighted by Crippen LogP contribution is 2.60. The van der Waals surface area contributed by atoms with Crippen molar-refractivity contribution in [2.45, 2.75) is 58.2 Å². The summed E-state index contributed by atoms with van der Waals surface area (Å²) in [6, 6.07) is 5.06. The van der Waals surface area contributed by atoms with E-state index in [4.69, 9.17) is 14.2 Å². The Morgan fingerprint density at radius 3 is 2.62 bits per heavy atom. The molecule has 2 N–H and O–H groups in total. The lowest BCUT2D eigenvalue weighted by Crippen LogP contribution is -2.42. The average Bonchev–Trinajstić information content (AvgIpc) is 3.44. The number of hydrogen-bond acceptors (Lipinski definition) is 7. The molecule has 3 atom stereocenters. The Hall–Kier alpha value is -2.81. The lowest BCUT2D eigenvalue weighted by molar-refractivity contribution is -0.117. The van der Waals surface area contributed by atoms with E-state index in [2.05, 4.69) is 10.6 Å². The minimum atomic E-state index is -0.519. The number of anilines is 2. The van der Waals surface area contributed by atoms with Gasteiger partial charge in [-0.3, -0.25) is 4.79 Å². The number of ether oxygens (including phenoxy) is 3. The normalized spacial score (nSPS) is 25.5. The fourth-order valence-electron chi connectivity index (χ4n) is 4.74. The number of hydrogen-bond donors (Lipinski definition) is 2. The molecule has 2 aliphatic heterocycles. The van der Waals surface area contributed by atoms with Gasteiger partial charge in [-0.1, -0.05) is 0 Å². The number of piperidine rings is 1. The molecule has 1 aromatic rings. The molecule has 2 amide bonds. The van der Waals surface area contributed by atoms with Crippen LogP contribution < -0.4 is 10.6 Å². The van der Waals surface area contributed by atoms with E-state index in [1.165, 1.54) is 7.11 Å². The zero-order chi connectivity index (χ0) is 24.5. The van der Waals surface area contributed by atoms with Gasteiger partial charge in [0.05, 0.1) is 30.2 Å². The second kappa shape index (κ2) is 9.44. The molecule has 1 aromatic carbocycles. The molecular weight excluding hydrogens is 438 g/mol. The molecule has 3 fully saturated rings. The molecule has 0 aromatic heterocycles. The lowest BCUT2D eigenvalue weighted by atomic mass is 9.91. The van der Waals surface area contributed by atoms with Crippen molar-refractivity contribution in [2.24, 2.45) is 11.3 Å². The van der Waals surface area contributed by atoms with E-state index < -0.39 is 11.6 Å². The molecule has 9 nitrogen and oxygen atoms in total. The molecule has 186 valence electrons. The van der Waals surface area contributed by atoms with Crippen LogP contribution in [0.2, 0.25) is 0 Å². The van der Waals surface area contributed by atoms with E-state index in [-0.39, 0.29) is 23.5 Å². The molecule has 1 saturated carbocycles. The molecule has 9 heteroatoms. The first-order chi connectivity index (χ1) is 16.1. The Kier molecular flexibility index (Phi) is 6.75. The van der Waals surface area contributed by atoms with Gasteiger partial charge in [0.2, 0.25) is 5.91 Å². The summed E-state index contributed by atoms with van der Waals surface area (Å²) in [5.41, 5.74) is 1.12. The van der Waals surface area contributed by atoms with E-state index in [1.54, 1.807) is 23.1 Å². The number of carbonyl (C=O) groups is 3. The van der Waals surface area contributed by atoms with Gasteiger partial charge >= 0.3 is 12.1 Å². The number of amides is 2. The van der Waals surface area contributed by atoms with Crippen LogP contribution in [0.4, 0.5) is 16.2 Å². The van der Waals surface area contributed by atoms with Gasteiger partial charge in [0.25, 0.3) is 0 Å². The van der Waals surface area contributed by atoms with Crippen LogP contribution in [-0.4, -0.2) is 67.9 Å². The van der Waals surface area contributed by atoms with Gasteiger partial charge in [0, 0.05) is 32.7 Å². The van der Waals surface area contributed by atoms with Crippen LogP contribution in [0.5, 0.6) is 0 Å². The predicted octanol–water partition coefficient (Wildman–Crippen LogP) is 3.65. The number of rotatable bonds is 7. The minimum Gasteiger partial charge on any atom is -0.465 e. The maximum absolute atomic E-state index is 13.0. The fourth-order valence-corrected chi connectivity index (χ4v) is 4.74. The maximum Gasteiger partial charge on any atom is 0.410 e. The van der Waals surface area contributed by atoms with Crippen molar-refractivity contribution in [3.8, 4) is 0 Å². The highest BCUT2D eigenvalue weighted by atomic mass is 16.6. The van der Waals surface area contributed by atoms with Crippen LogP contribution in [-0.2, 0) is 19.0 Å². The lowest BCUT2D eigenvalue weighted by Gasteiger charge is -2.33. The van der Waals surface area contributed by atoms with E-state index in [9.17, 15) is 14.4 Å². The molecule has 2 saturated heterocycles. The summed E-state index contributed by atoms with van der Waals surface area (Å²) in [6.07, 6.45) is 2.96. The Balaban J connectivity index is 1.36. The Morgan fingerprint density at radius 1 is 1.24 bits per heavy atom. The van der Waals surface area contributed by atoms with E-state index in [0.717, 1.165) is 25.9 Å². The van der Waals surface area contributed by atoms with Crippen molar-refractivity contribution in [2.75, 3.05) is 44.0 Å². The van der Waals surface area contributed by atoms with Crippen molar-refractivity contribution >= 4 is 29.3 Å². The molecule has 0 unspecified atom stereocenters. The number of fused-ring (bicyclic) bond motifs is 1. The average molecular weight is 474 g/mol. The highest BCUT2D eigenvalue weighted by molar-refractivity contribution is 5.97. The summed E-state index contributed by atoms with van der Waals surface area (Å²) < 4.78 is 15.8. The van der Waals surface area contributed by atoms with Crippen LogP contribution in [0.3, 0.4) is 0 Å². The van der Waals surface area contributed by atoms with E-state index in [1.807, 2.05) is 20.8 Å². The van der Waals surface area contributed by atoms with E-state index >= 15 is 0 Å². The first-order valence-electron chi connectivity index (χ1n) is 11.9. The summed E-state index contributed by atoms with van der Waals surface area (Å²) in [5, 5.41) is 6.31. The number of carbonyl (C=O) groups excluding carboxylic acids is 3. The van der Waals surface area contributed by atoms with Crippen LogP contribution in [0, 0.1) is 11.3 Å². The third-order valence-electron chi connectivity index (χ3n) is 6.87. The van der Waals surface area contributed by atoms with Gasteiger partial charge in [-0.2, -0.15) is 0 Å². The first-order valence-corrected chi connectivity index (χ1v) is 11.9. The summed E-state index contributed by atoms with van der Waals surface area (Å²) >= 11 is 0. The van der Waals surface area contributed by atoms with Gasteiger partial charge in [0.15, 0.2) is 0 Å². The monoisotopic (exact) mass is 473 g/mol. The molecule has 34 heavy (non-hydrogen) atoms. The predicted molar refractivity (Wildman–Crippen MR) is 127 cm³/mol. The molecule has 0 spiro atoms. The number of likely N-dealkylation sites (tertiary alicyclic amines) is 1. The topological polar surface area (TPSA) is 106 Å². The molecule has 3 aliphatic rings. The van der Waals surface area contributed by atoms with Gasteiger partial charge in [-0.05, 0) is 69.6 Å². The van der Waals surface area contributed by atoms with Crippen LogP contribution in [0.25, 0.3) is 0 Å². The number of nitrogens with zero attached hydrogens (tertiary/aromatic N) is 1. The van der Waals surface area contributed by atoms with Gasteiger partial charge in [0.1, 0.15) is 5.60 Å². The largest absolute Gasteiger partial charge is 0.465 e. The molecule has 0 bridgehead atoms. The Bertz CT molecular complexity index is 954. The van der Waals surface area contributed by atoms with Gasteiger partial charge < -0.3 is 29.7 Å². The van der Waals surface area contributed by atoms with Gasteiger partial charge in [-0.25, -0.2) is 9.59 Å².